The topological polar surface area (TPSA) is 69.0 Å². The highest BCUT2D eigenvalue weighted by Gasteiger charge is 1.97. The maximum absolute atomic E-state index is 12.7. The Kier molecular flexibility index (Phi) is 3.52. The Morgan fingerprint density at radius 1 is 1.57 bits per heavy atom. The number of aromatic hydroxyl groups is 1. The first-order valence-corrected chi connectivity index (χ1v) is 3.90. The zero-order chi connectivity index (χ0) is 10.4. The normalized spacial score (nSPS) is 10.1. The average Bonchev–Trinajstić information content (AvgIpc) is 2.18. The molecular formula is C9H8FN3O. The number of benzene rings is 1. The van der Waals surface area contributed by atoms with Crippen molar-refractivity contribution in [2.24, 2.45) is 5.11 Å². The van der Waals surface area contributed by atoms with E-state index in [0.29, 0.717) is 5.56 Å². The molecule has 0 aromatic heterocycles. The molecule has 0 radical (unpaired) electrons. The van der Waals surface area contributed by atoms with Gasteiger partial charge in [-0.25, -0.2) is 4.39 Å². The third-order valence-corrected chi connectivity index (χ3v) is 1.54. The van der Waals surface area contributed by atoms with Gasteiger partial charge >= 0.3 is 0 Å². The number of hydrogen-bond acceptors (Lipinski definition) is 2. The van der Waals surface area contributed by atoms with Crippen LogP contribution in [0.25, 0.3) is 16.5 Å². The number of phenolic OH excluding ortho intramolecular Hbond substituents is 1. The van der Waals surface area contributed by atoms with Gasteiger partial charge in [0.2, 0.25) is 0 Å². The number of azide groups is 1. The van der Waals surface area contributed by atoms with E-state index < -0.39 is 5.82 Å². The fourth-order valence-corrected chi connectivity index (χ4v) is 0.922. The van der Waals surface area contributed by atoms with E-state index in [1.807, 2.05) is 0 Å². The number of nitrogens with zero attached hydrogens (tertiary/aromatic N) is 3. The van der Waals surface area contributed by atoms with Crippen molar-refractivity contribution in [3.63, 3.8) is 0 Å². The molecule has 0 aliphatic rings. The standard InChI is InChI=1S/C9H8FN3O/c10-8-3-4-9(14)7(6-8)2-1-5-12-13-11/h1-4,6,14H,5H2. The van der Waals surface area contributed by atoms with Crippen LogP contribution < -0.4 is 0 Å². The van der Waals surface area contributed by atoms with Gasteiger partial charge in [0.25, 0.3) is 0 Å². The zero-order valence-corrected chi connectivity index (χ0v) is 7.26. The third kappa shape index (κ3) is 2.80. The molecule has 0 aliphatic carbocycles. The smallest absolute Gasteiger partial charge is 0.124 e. The average molecular weight is 193 g/mol. The van der Waals surface area contributed by atoms with Gasteiger partial charge in [-0.3, -0.25) is 0 Å². The summed E-state index contributed by atoms with van der Waals surface area (Å²) in [5.41, 5.74) is 8.34. The van der Waals surface area contributed by atoms with E-state index in [2.05, 4.69) is 10.0 Å². The molecular weight excluding hydrogens is 185 g/mol. The minimum absolute atomic E-state index is 0.0106. The molecule has 1 aromatic rings. The maximum Gasteiger partial charge on any atom is 0.124 e. The quantitative estimate of drug-likeness (QED) is 0.447. The van der Waals surface area contributed by atoms with E-state index in [4.69, 9.17) is 5.53 Å². The van der Waals surface area contributed by atoms with Gasteiger partial charge in [0.15, 0.2) is 0 Å². The summed E-state index contributed by atoms with van der Waals surface area (Å²) in [5, 5.41) is 12.5. The van der Waals surface area contributed by atoms with Crippen molar-refractivity contribution < 1.29 is 9.50 Å². The van der Waals surface area contributed by atoms with Crippen LogP contribution in [0.3, 0.4) is 0 Å². The van der Waals surface area contributed by atoms with Crippen LogP contribution >= 0.6 is 0 Å². The van der Waals surface area contributed by atoms with Crippen LogP contribution in [0.15, 0.2) is 29.4 Å². The van der Waals surface area contributed by atoms with Crippen molar-refractivity contribution in [3.8, 4) is 5.75 Å². The molecule has 1 aromatic carbocycles. The Hall–Kier alpha value is -2.00. The predicted octanol–water partition coefficient (Wildman–Crippen LogP) is 2.85. The van der Waals surface area contributed by atoms with Crippen LogP contribution in [0.1, 0.15) is 5.56 Å². The molecule has 0 saturated carbocycles. The second-order valence-electron chi connectivity index (χ2n) is 2.52. The largest absolute Gasteiger partial charge is 0.507 e. The molecule has 1 rings (SSSR count). The molecule has 0 bridgehead atoms. The molecule has 14 heavy (non-hydrogen) atoms. The van der Waals surface area contributed by atoms with Gasteiger partial charge in [-0.2, -0.15) is 0 Å². The number of rotatable bonds is 3. The van der Waals surface area contributed by atoms with Crippen LogP contribution in [-0.2, 0) is 0 Å². The first-order chi connectivity index (χ1) is 6.74. The molecule has 4 nitrogen and oxygen atoms in total. The van der Waals surface area contributed by atoms with Crippen LogP contribution in [-0.4, -0.2) is 11.7 Å². The molecule has 0 spiro atoms. The van der Waals surface area contributed by atoms with Crippen molar-refractivity contribution in [1.29, 1.82) is 0 Å². The maximum atomic E-state index is 12.7. The van der Waals surface area contributed by atoms with Crippen LogP contribution in [0.5, 0.6) is 5.75 Å². The fourth-order valence-electron chi connectivity index (χ4n) is 0.922. The molecule has 0 amide bonds. The lowest BCUT2D eigenvalue weighted by Gasteiger charge is -1.97. The summed E-state index contributed by atoms with van der Waals surface area (Å²) in [4.78, 5) is 2.54. The molecule has 5 heteroatoms. The Morgan fingerprint density at radius 2 is 2.36 bits per heavy atom. The van der Waals surface area contributed by atoms with Gasteiger partial charge in [-0.05, 0) is 23.7 Å². The summed E-state index contributed by atoms with van der Waals surface area (Å²) in [6.45, 7) is 0.173. The minimum atomic E-state index is -0.425. The molecule has 0 aliphatic heterocycles. The number of hydrogen-bond donors (Lipinski definition) is 1. The highest BCUT2D eigenvalue weighted by atomic mass is 19.1. The Morgan fingerprint density at radius 3 is 3.07 bits per heavy atom. The first kappa shape index (κ1) is 10.1. The fraction of sp³-hybridized carbons (Fsp3) is 0.111. The predicted molar refractivity (Wildman–Crippen MR) is 51.1 cm³/mol. The lowest BCUT2D eigenvalue weighted by molar-refractivity contribution is 0.471. The molecule has 0 fully saturated rings. The van der Waals surface area contributed by atoms with E-state index in [0.717, 1.165) is 0 Å². The first-order valence-electron chi connectivity index (χ1n) is 3.90. The number of halogens is 1. The second-order valence-corrected chi connectivity index (χ2v) is 2.52. The van der Waals surface area contributed by atoms with Crippen molar-refractivity contribution in [2.45, 2.75) is 0 Å². The highest BCUT2D eigenvalue weighted by molar-refractivity contribution is 5.56. The van der Waals surface area contributed by atoms with Gasteiger partial charge in [0.05, 0.1) is 0 Å². The Bertz CT molecular complexity index is 397. The van der Waals surface area contributed by atoms with E-state index in [9.17, 15) is 9.50 Å². The summed E-state index contributed by atoms with van der Waals surface area (Å²) in [6, 6.07) is 3.63. The molecule has 72 valence electrons. The van der Waals surface area contributed by atoms with Crippen molar-refractivity contribution in [2.75, 3.05) is 6.54 Å². The zero-order valence-electron chi connectivity index (χ0n) is 7.26. The van der Waals surface area contributed by atoms with E-state index in [1.165, 1.54) is 30.4 Å². The summed E-state index contributed by atoms with van der Waals surface area (Å²) >= 11 is 0. The molecule has 0 heterocycles. The molecule has 1 N–H and O–H groups in total. The van der Waals surface area contributed by atoms with Gasteiger partial charge in [-0.15, -0.1) is 0 Å². The Balaban J connectivity index is 2.79. The summed E-state index contributed by atoms with van der Waals surface area (Å²) in [6.07, 6.45) is 3.03. The van der Waals surface area contributed by atoms with E-state index in [1.54, 1.807) is 0 Å². The van der Waals surface area contributed by atoms with E-state index >= 15 is 0 Å². The second kappa shape index (κ2) is 4.89. The van der Waals surface area contributed by atoms with Gasteiger partial charge < -0.3 is 5.11 Å². The van der Waals surface area contributed by atoms with Gasteiger partial charge in [0.1, 0.15) is 11.6 Å². The summed E-state index contributed by atoms with van der Waals surface area (Å²) in [5.74, 6) is -0.435. The van der Waals surface area contributed by atoms with Crippen LogP contribution in [0, 0.1) is 5.82 Å². The lowest BCUT2D eigenvalue weighted by Crippen LogP contribution is -1.78. The monoisotopic (exact) mass is 193 g/mol. The summed E-state index contributed by atoms with van der Waals surface area (Å²) in [7, 11) is 0. The van der Waals surface area contributed by atoms with Crippen LogP contribution in [0.2, 0.25) is 0 Å². The Labute approximate surface area is 79.9 Å². The lowest BCUT2D eigenvalue weighted by atomic mass is 10.2. The van der Waals surface area contributed by atoms with Crippen molar-refractivity contribution in [1.82, 2.24) is 0 Å². The SMILES string of the molecule is [N-]=[N+]=NCC=Cc1cc(F)ccc1O. The van der Waals surface area contributed by atoms with E-state index in [-0.39, 0.29) is 12.3 Å². The molecule has 0 unspecified atom stereocenters. The van der Waals surface area contributed by atoms with Gasteiger partial charge in [-0.1, -0.05) is 17.3 Å². The third-order valence-electron chi connectivity index (χ3n) is 1.54. The van der Waals surface area contributed by atoms with Crippen molar-refractivity contribution in [3.05, 3.63) is 46.1 Å². The molecule has 0 saturated heterocycles. The van der Waals surface area contributed by atoms with Crippen molar-refractivity contribution >= 4 is 6.08 Å². The molecule has 0 atom stereocenters. The highest BCUT2D eigenvalue weighted by Crippen LogP contribution is 2.18. The van der Waals surface area contributed by atoms with Crippen LogP contribution in [0.4, 0.5) is 4.39 Å². The minimum Gasteiger partial charge on any atom is -0.507 e. The van der Waals surface area contributed by atoms with Gasteiger partial charge in [0, 0.05) is 17.0 Å². The summed E-state index contributed by atoms with van der Waals surface area (Å²) < 4.78 is 12.7. The number of phenols is 1.